The van der Waals surface area contributed by atoms with Gasteiger partial charge in [-0.05, 0) is 31.8 Å². The number of benzene rings is 2. The summed E-state index contributed by atoms with van der Waals surface area (Å²) in [6.07, 6.45) is 0. The van der Waals surface area contributed by atoms with Crippen molar-refractivity contribution in [1.82, 2.24) is 15.4 Å². The molecule has 0 aliphatic rings. The van der Waals surface area contributed by atoms with Crippen molar-refractivity contribution in [2.24, 2.45) is 21.8 Å². The zero-order valence-electron chi connectivity index (χ0n) is 17.0. The molecule has 1 aromatic heterocycles. The highest BCUT2D eigenvalue weighted by Crippen LogP contribution is 2.37. The van der Waals surface area contributed by atoms with Crippen LogP contribution in [0.1, 0.15) is 5.56 Å². The molecule has 0 aliphatic carbocycles. The molecule has 13 heteroatoms. The largest absolute Gasteiger partial charge is 0.382 e. The van der Waals surface area contributed by atoms with E-state index in [4.69, 9.17) is 22.4 Å². The molecular formula is C18H24N8O2S3. The Morgan fingerprint density at radius 3 is 2.61 bits per heavy atom. The number of rotatable bonds is 8. The van der Waals surface area contributed by atoms with E-state index in [0.717, 1.165) is 4.70 Å². The molecule has 1 heterocycles. The van der Waals surface area contributed by atoms with Gasteiger partial charge in [0.15, 0.2) is 11.0 Å². The Labute approximate surface area is 188 Å². The Kier molecular flexibility index (Phi) is 7.35. The molecule has 0 saturated carbocycles. The number of anilines is 1. The van der Waals surface area contributed by atoms with Crippen molar-refractivity contribution in [2.75, 3.05) is 32.1 Å². The minimum Gasteiger partial charge on any atom is -0.382 e. The summed E-state index contributed by atoms with van der Waals surface area (Å²) in [6, 6.07) is 9.00. The summed E-state index contributed by atoms with van der Waals surface area (Å²) in [7, 11) is 0.294. The van der Waals surface area contributed by atoms with Gasteiger partial charge in [0.25, 0.3) is 0 Å². The molecule has 166 valence electrons. The molecule has 0 amide bonds. The van der Waals surface area contributed by atoms with E-state index in [-0.39, 0.29) is 16.3 Å². The van der Waals surface area contributed by atoms with Crippen molar-refractivity contribution < 1.29 is 8.42 Å². The first-order valence-electron chi connectivity index (χ1n) is 9.05. The monoisotopic (exact) mass is 480 g/mol. The molecule has 3 aromatic rings. The molecule has 0 spiro atoms. The van der Waals surface area contributed by atoms with Crippen LogP contribution in [0.15, 0.2) is 45.2 Å². The van der Waals surface area contributed by atoms with E-state index in [0.29, 0.717) is 39.0 Å². The van der Waals surface area contributed by atoms with Gasteiger partial charge in [-0.25, -0.2) is 25.7 Å². The third-order valence-corrected chi connectivity index (χ3v) is 7.65. The van der Waals surface area contributed by atoms with E-state index in [1.54, 1.807) is 12.1 Å². The second-order valence-electron chi connectivity index (χ2n) is 6.80. The number of nitrogens with two attached hydrogens (primary N) is 4. The number of thiazole rings is 1. The fourth-order valence-corrected chi connectivity index (χ4v) is 6.35. The van der Waals surface area contributed by atoms with Crippen LogP contribution < -0.4 is 28.0 Å². The molecule has 9 N–H and O–H groups in total. The van der Waals surface area contributed by atoms with Crippen LogP contribution >= 0.6 is 11.3 Å². The van der Waals surface area contributed by atoms with E-state index >= 15 is 0 Å². The first-order valence-corrected chi connectivity index (χ1v) is 12.4. The van der Waals surface area contributed by atoms with Gasteiger partial charge in [-0.1, -0.05) is 29.5 Å². The van der Waals surface area contributed by atoms with Gasteiger partial charge in [0.2, 0.25) is 0 Å². The molecular weight excluding hydrogens is 456 g/mol. The second kappa shape index (κ2) is 9.80. The lowest BCUT2D eigenvalue weighted by Crippen LogP contribution is -2.27. The third kappa shape index (κ3) is 4.92. The van der Waals surface area contributed by atoms with Crippen LogP contribution in [-0.4, -0.2) is 50.5 Å². The number of nitrogen functional groups attached to an aromatic ring is 1. The summed E-state index contributed by atoms with van der Waals surface area (Å²) in [5, 5.41) is 10.1. The Balaban J connectivity index is 2.32. The summed E-state index contributed by atoms with van der Waals surface area (Å²) in [6.45, 7) is 0.575. The number of nitrogens with zero attached hydrogens (tertiary/aromatic N) is 3. The summed E-state index contributed by atoms with van der Waals surface area (Å²) in [5.74, 6) is 5.63. The van der Waals surface area contributed by atoms with Crippen LogP contribution in [-0.2, 0) is 21.8 Å². The Morgan fingerprint density at radius 1 is 1.23 bits per heavy atom. The number of para-hydroxylation sites is 1. The van der Waals surface area contributed by atoms with Crippen LogP contribution in [0.3, 0.4) is 0 Å². The average Bonchev–Trinajstić information content (AvgIpc) is 3.11. The van der Waals surface area contributed by atoms with Crippen molar-refractivity contribution in [3.05, 3.63) is 35.9 Å². The molecule has 2 aromatic carbocycles. The van der Waals surface area contributed by atoms with Gasteiger partial charge in [-0.15, -0.1) is 5.10 Å². The predicted octanol–water partition coefficient (Wildman–Crippen LogP) is 0.280. The number of hydrogen-bond acceptors (Lipinski definition) is 9. The van der Waals surface area contributed by atoms with E-state index in [9.17, 15) is 8.42 Å². The smallest absolute Gasteiger partial charge is 0.181 e. The second-order valence-corrected chi connectivity index (χ2v) is 10.4. The number of hydrogen-bond donors (Lipinski definition) is 5. The molecule has 0 fully saturated rings. The molecule has 0 bridgehead atoms. The highest BCUT2D eigenvalue weighted by molar-refractivity contribution is 7.87. The number of hydrazine groups is 1. The quantitative estimate of drug-likeness (QED) is 0.132. The minimum atomic E-state index is -2.00. The highest BCUT2D eigenvalue weighted by atomic mass is 32.2. The van der Waals surface area contributed by atoms with E-state index in [2.05, 4.69) is 15.6 Å². The number of amidine groups is 1. The summed E-state index contributed by atoms with van der Waals surface area (Å²) >= 11 is 1.35. The maximum Gasteiger partial charge on any atom is 0.181 e. The van der Waals surface area contributed by atoms with Gasteiger partial charge in [-0.2, -0.15) is 0 Å². The molecule has 2 atom stereocenters. The molecule has 31 heavy (non-hydrogen) atoms. The fraction of sp³-hybridized carbons (Fsp3) is 0.222. The molecule has 0 aliphatic heterocycles. The van der Waals surface area contributed by atoms with Crippen molar-refractivity contribution in [3.8, 4) is 11.1 Å². The number of aromatic nitrogens is 1. The lowest BCUT2D eigenvalue weighted by Gasteiger charge is -2.18. The first-order chi connectivity index (χ1) is 14.7. The maximum atomic E-state index is 13.0. The highest BCUT2D eigenvalue weighted by Gasteiger charge is 2.25. The average molecular weight is 481 g/mol. The normalized spacial score (nSPS) is 14.2. The SMILES string of the molecule is CN(C)CCS(=O)c1ccc(-c2cccc3sc(N)nc23)c(/C(N)=N/NN)c1S(N)=O. The van der Waals surface area contributed by atoms with Crippen LogP contribution in [0, 0.1) is 0 Å². The van der Waals surface area contributed by atoms with Crippen LogP contribution in [0.5, 0.6) is 0 Å². The van der Waals surface area contributed by atoms with E-state index < -0.39 is 21.8 Å². The van der Waals surface area contributed by atoms with Crippen molar-refractivity contribution in [1.29, 1.82) is 0 Å². The Bertz CT molecular complexity index is 1190. The summed E-state index contributed by atoms with van der Waals surface area (Å²) in [4.78, 5) is 6.81. The van der Waals surface area contributed by atoms with Gasteiger partial charge in [0, 0.05) is 23.4 Å². The van der Waals surface area contributed by atoms with Crippen LogP contribution in [0.2, 0.25) is 0 Å². The van der Waals surface area contributed by atoms with Crippen molar-refractivity contribution >= 4 is 54.3 Å². The van der Waals surface area contributed by atoms with Gasteiger partial charge >= 0.3 is 0 Å². The summed E-state index contributed by atoms with van der Waals surface area (Å²) < 4.78 is 26.5. The lowest BCUT2D eigenvalue weighted by atomic mass is 9.98. The standard InChI is InChI=1S/C18H24N8O2S3/c1-26(2)8-9-30(27)13-7-6-10(14(16(13)31(22)28)17(19)24-25-21)11-4-3-5-12-15(11)23-18(20)29-12/h3-7,25H,8-9,21-22H2,1-2H3,(H2,19,24)(H2,20,23). The maximum absolute atomic E-state index is 13.0. The zero-order chi connectivity index (χ0) is 22.7. The van der Waals surface area contributed by atoms with Gasteiger partial charge in [-0.3, -0.25) is 4.21 Å². The van der Waals surface area contributed by atoms with E-state index in [1.807, 2.05) is 37.2 Å². The van der Waals surface area contributed by atoms with E-state index in [1.165, 1.54) is 11.3 Å². The first kappa shape index (κ1) is 23.2. The summed E-state index contributed by atoms with van der Waals surface area (Å²) in [5.41, 5.74) is 16.5. The topological polar surface area (TPSA) is 179 Å². The van der Waals surface area contributed by atoms with Crippen molar-refractivity contribution in [3.63, 3.8) is 0 Å². The van der Waals surface area contributed by atoms with Crippen LogP contribution in [0.25, 0.3) is 21.3 Å². The Morgan fingerprint density at radius 2 is 1.97 bits per heavy atom. The number of fused-ring (bicyclic) bond motifs is 1. The number of nitrogens with one attached hydrogen (secondary N) is 1. The zero-order valence-corrected chi connectivity index (χ0v) is 19.4. The molecule has 10 nitrogen and oxygen atoms in total. The van der Waals surface area contributed by atoms with Gasteiger partial charge in [0.05, 0.1) is 30.8 Å². The molecule has 3 rings (SSSR count). The van der Waals surface area contributed by atoms with Crippen LogP contribution in [0.4, 0.5) is 5.13 Å². The molecule has 0 radical (unpaired) electrons. The molecule has 2 unspecified atom stereocenters. The third-order valence-electron chi connectivity index (χ3n) is 4.46. The Hall–Kier alpha value is -2.42. The minimum absolute atomic E-state index is 0.0436. The predicted molar refractivity (Wildman–Crippen MR) is 128 cm³/mol. The number of hydrazone groups is 1. The molecule has 0 saturated heterocycles. The fourth-order valence-electron chi connectivity index (χ4n) is 3.11. The van der Waals surface area contributed by atoms with Crippen molar-refractivity contribution in [2.45, 2.75) is 9.79 Å². The van der Waals surface area contributed by atoms with Gasteiger partial charge < -0.3 is 16.4 Å². The van der Waals surface area contributed by atoms with Gasteiger partial charge in [0.1, 0.15) is 11.0 Å². The lowest BCUT2D eigenvalue weighted by molar-refractivity contribution is 0.435.